The molecule has 3 rings (SSSR count). The number of carbonyl (C=O) groups is 2. The van der Waals surface area contributed by atoms with Crippen LogP contribution in [0.4, 0.5) is 14.5 Å². The number of benzene rings is 2. The molecule has 1 amide bonds. The summed E-state index contributed by atoms with van der Waals surface area (Å²) in [4.78, 5) is 23.1. The lowest BCUT2D eigenvalue weighted by molar-refractivity contribution is -0.137. The number of nitrogens with one attached hydrogen (secondary N) is 1. The molecule has 2 aromatic carbocycles. The van der Waals surface area contributed by atoms with Gasteiger partial charge in [0.05, 0.1) is 11.4 Å². The molecule has 0 aromatic heterocycles. The molecule has 2 aromatic rings. The van der Waals surface area contributed by atoms with Gasteiger partial charge in [-0.25, -0.2) is 13.8 Å². The summed E-state index contributed by atoms with van der Waals surface area (Å²) >= 11 is 0. The van der Waals surface area contributed by atoms with E-state index in [1.165, 1.54) is 24.3 Å². The van der Waals surface area contributed by atoms with Crippen LogP contribution in [-0.4, -0.2) is 45.1 Å². The molecular weight excluding hydrogens is 422 g/mol. The van der Waals surface area contributed by atoms with Crippen molar-refractivity contribution in [1.82, 2.24) is 5.01 Å². The molecule has 32 heavy (non-hydrogen) atoms. The van der Waals surface area contributed by atoms with Crippen molar-refractivity contribution < 1.29 is 28.6 Å². The molecule has 0 atom stereocenters. The highest BCUT2D eigenvalue weighted by Crippen LogP contribution is 2.29. The minimum atomic E-state index is -0.959. The fraction of sp³-hybridized carbons (Fsp3) is 0.182. The van der Waals surface area contributed by atoms with Gasteiger partial charge in [-0.2, -0.15) is 10.2 Å². The SMILES string of the molecule is CC1=NN(CCCC(=O)O)C(=O)/C1=N\Nc1cccc(/C=C/c2ccc(F)cc2F)c1O. The number of phenols is 1. The van der Waals surface area contributed by atoms with Crippen LogP contribution in [0, 0.1) is 11.6 Å². The number of aliphatic carboxylic acids is 1. The second-order valence-electron chi connectivity index (χ2n) is 6.93. The first-order chi connectivity index (χ1) is 15.3. The predicted octanol–water partition coefficient (Wildman–Crippen LogP) is 3.69. The van der Waals surface area contributed by atoms with E-state index in [9.17, 15) is 23.5 Å². The lowest BCUT2D eigenvalue weighted by Gasteiger charge is -2.10. The maximum Gasteiger partial charge on any atom is 0.303 e. The summed E-state index contributed by atoms with van der Waals surface area (Å²) in [6.07, 6.45) is 3.02. The van der Waals surface area contributed by atoms with E-state index in [0.717, 1.165) is 17.1 Å². The van der Waals surface area contributed by atoms with Crippen LogP contribution in [0.5, 0.6) is 5.75 Å². The van der Waals surface area contributed by atoms with E-state index in [0.29, 0.717) is 11.3 Å². The number of amides is 1. The number of halogens is 2. The van der Waals surface area contributed by atoms with Crippen molar-refractivity contribution in [2.24, 2.45) is 10.2 Å². The first-order valence-electron chi connectivity index (χ1n) is 9.64. The largest absolute Gasteiger partial charge is 0.505 e. The van der Waals surface area contributed by atoms with Gasteiger partial charge < -0.3 is 10.2 Å². The van der Waals surface area contributed by atoms with Gasteiger partial charge in [-0.1, -0.05) is 24.3 Å². The van der Waals surface area contributed by atoms with Crippen molar-refractivity contribution in [3.63, 3.8) is 0 Å². The Hall–Kier alpha value is -4.08. The van der Waals surface area contributed by atoms with Gasteiger partial charge in [0.1, 0.15) is 17.4 Å². The molecule has 0 unspecified atom stereocenters. The standard InChI is InChI=1S/C22H20F2N4O4/c1-13-20(22(32)28(27-13)11-3-6-19(29)30)26-25-18-5-2-4-15(21(18)31)8-7-14-9-10-16(23)12-17(14)24/h2,4-5,7-10,12,25,31H,3,6,11H2,1H3,(H,29,30)/b8-7+,26-20-. The maximum absolute atomic E-state index is 13.8. The van der Waals surface area contributed by atoms with Crippen molar-refractivity contribution >= 4 is 41.1 Å². The quantitative estimate of drug-likeness (QED) is 0.328. The Morgan fingerprint density at radius 3 is 2.69 bits per heavy atom. The highest BCUT2D eigenvalue weighted by Gasteiger charge is 2.29. The number of anilines is 1. The summed E-state index contributed by atoms with van der Waals surface area (Å²) < 4.78 is 26.8. The van der Waals surface area contributed by atoms with Crippen molar-refractivity contribution in [3.05, 3.63) is 59.2 Å². The van der Waals surface area contributed by atoms with E-state index in [2.05, 4.69) is 15.6 Å². The van der Waals surface area contributed by atoms with Gasteiger partial charge >= 0.3 is 5.97 Å². The third-order valence-corrected chi connectivity index (χ3v) is 4.57. The van der Waals surface area contributed by atoms with Gasteiger partial charge in [-0.3, -0.25) is 15.0 Å². The minimum absolute atomic E-state index is 0.0362. The molecule has 0 fully saturated rings. The van der Waals surface area contributed by atoms with E-state index >= 15 is 0 Å². The Kier molecular flexibility index (Phi) is 6.93. The predicted molar refractivity (Wildman–Crippen MR) is 116 cm³/mol. The zero-order chi connectivity index (χ0) is 23.3. The number of para-hydroxylation sites is 1. The Morgan fingerprint density at radius 1 is 1.22 bits per heavy atom. The van der Waals surface area contributed by atoms with Crippen LogP contribution in [0.1, 0.15) is 30.9 Å². The number of aromatic hydroxyl groups is 1. The molecule has 0 saturated heterocycles. The molecule has 3 N–H and O–H groups in total. The fourth-order valence-electron chi connectivity index (χ4n) is 2.93. The van der Waals surface area contributed by atoms with Crippen LogP contribution in [0.15, 0.2) is 46.6 Å². The number of carbonyl (C=O) groups excluding carboxylic acids is 1. The number of phenolic OH excluding ortho intramolecular Hbond substituents is 1. The van der Waals surface area contributed by atoms with Gasteiger partial charge in [-0.15, -0.1) is 0 Å². The number of hydrazone groups is 2. The van der Waals surface area contributed by atoms with E-state index < -0.39 is 23.5 Å². The average molecular weight is 442 g/mol. The van der Waals surface area contributed by atoms with Crippen LogP contribution in [-0.2, 0) is 9.59 Å². The normalized spacial score (nSPS) is 15.0. The number of nitrogens with zero attached hydrogens (tertiary/aromatic N) is 3. The zero-order valence-electron chi connectivity index (χ0n) is 17.0. The van der Waals surface area contributed by atoms with Gasteiger partial charge in [0.15, 0.2) is 5.71 Å². The molecular formula is C22H20F2N4O4. The highest BCUT2D eigenvalue weighted by atomic mass is 19.1. The first-order valence-corrected chi connectivity index (χ1v) is 9.64. The third-order valence-electron chi connectivity index (χ3n) is 4.57. The van der Waals surface area contributed by atoms with Crippen LogP contribution in [0.2, 0.25) is 0 Å². The monoisotopic (exact) mass is 442 g/mol. The summed E-state index contributed by atoms with van der Waals surface area (Å²) in [5.41, 5.74) is 3.70. The summed E-state index contributed by atoms with van der Waals surface area (Å²) in [5.74, 6) is -3.05. The van der Waals surface area contributed by atoms with Crippen molar-refractivity contribution in [1.29, 1.82) is 0 Å². The van der Waals surface area contributed by atoms with Crippen molar-refractivity contribution in [2.45, 2.75) is 19.8 Å². The van der Waals surface area contributed by atoms with Gasteiger partial charge in [-0.05, 0) is 31.5 Å². The maximum atomic E-state index is 13.8. The zero-order valence-corrected chi connectivity index (χ0v) is 17.0. The second-order valence-corrected chi connectivity index (χ2v) is 6.93. The van der Waals surface area contributed by atoms with E-state index in [1.54, 1.807) is 19.1 Å². The van der Waals surface area contributed by atoms with Gasteiger partial charge in [0.25, 0.3) is 5.91 Å². The third kappa shape index (κ3) is 5.34. The smallest absolute Gasteiger partial charge is 0.303 e. The first kappa shape index (κ1) is 22.6. The van der Waals surface area contributed by atoms with Crippen LogP contribution >= 0.6 is 0 Å². The minimum Gasteiger partial charge on any atom is -0.505 e. The summed E-state index contributed by atoms with van der Waals surface area (Å²) in [6, 6.07) is 7.92. The molecule has 1 heterocycles. The highest BCUT2D eigenvalue weighted by molar-refractivity contribution is 6.68. The molecule has 0 aliphatic carbocycles. The van der Waals surface area contributed by atoms with Crippen molar-refractivity contribution in [3.8, 4) is 5.75 Å². The lowest BCUT2D eigenvalue weighted by Crippen LogP contribution is -2.29. The summed E-state index contributed by atoms with van der Waals surface area (Å²) in [5, 5.41) is 28.5. The average Bonchev–Trinajstić information content (AvgIpc) is 3.00. The van der Waals surface area contributed by atoms with E-state index in [1.807, 2.05) is 0 Å². The van der Waals surface area contributed by atoms with Gasteiger partial charge in [0, 0.05) is 30.2 Å². The number of rotatable bonds is 8. The van der Waals surface area contributed by atoms with Crippen molar-refractivity contribution in [2.75, 3.05) is 12.0 Å². The van der Waals surface area contributed by atoms with Gasteiger partial charge in [0.2, 0.25) is 0 Å². The Bertz CT molecular complexity index is 1140. The second kappa shape index (κ2) is 9.82. The fourth-order valence-corrected chi connectivity index (χ4v) is 2.93. The molecule has 0 spiro atoms. The van der Waals surface area contributed by atoms with Crippen LogP contribution < -0.4 is 5.43 Å². The lowest BCUT2D eigenvalue weighted by atomic mass is 10.1. The molecule has 1 aliphatic heterocycles. The summed E-state index contributed by atoms with van der Waals surface area (Å²) in [7, 11) is 0. The Morgan fingerprint density at radius 2 is 1.97 bits per heavy atom. The number of carboxylic acids is 1. The van der Waals surface area contributed by atoms with E-state index in [-0.39, 0.29) is 42.1 Å². The molecule has 0 bridgehead atoms. The molecule has 10 heteroatoms. The molecule has 8 nitrogen and oxygen atoms in total. The van der Waals surface area contributed by atoms with E-state index in [4.69, 9.17) is 5.11 Å². The molecule has 166 valence electrons. The Balaban J connectivity index is 1.72. The topological polar surface area (TPSA) is 115 Å². The Labute approximate surface area is 182 Å². The number of hydrogen-bond donors (Lipinski definition) is 3. The summed E-state index contributed by atoms with van der Waals surface area (Å²) in [6.45, 7) is 1.73. The number of hydrogen-bond acceptors (Lipinski definition) is 6. The molecule has 0 saturated carbocycles. The number of carboxylic acid groups (broad SMARTS) is 1. The molecule has 1 aliphatic rings. The molecule has 0 radical (unpaired) electrons. The van der Waals surface area contributed by atoms with Crippen LogP contribution in [0.3, 0.4) is 0 Å². The van der Waals surface area contributed by atoms with Crippen LogP contribution in [0.25, 0.3) is 12.2 Å².